The molecule has 2 amide bonds. The zero-order valence-electron chi connectivity index (χ0n) is 22.8. The molecule has 5 aromatic rings. The highest BCUT2D eigenvalue weighted by Gasteiger charge is 2.48. The summed E-state index contributed by atoms with van der Waals surface area (Å²) in [6.07, 6.45) is 4.80. The molecule has 0 spiro atoms. The van der Waals surface area contributed by atoms with Crippen molar-refractivity contribution in [2.24, 2.45) is 5.73 Å². The Morgan fingerprint density at radius 3 is 2.40 bits per heavy atom. The minimum atomic E-state index is -0.875. The lowest BCUT2D eigenvalue weighted by Crippen LogP contribution is -2.36. The Labute approximate surface area is 239 Å². The molecule has 1 aliphatic carbocycles. The number of methoxy groups -OCH3 is 1. The summed E-state index contributed by atoms with van der Waals surface area (Å²) in [5, 5.41) is 3.00. The molecule has 0 bridgehead atoms. The number of hydrogen-bond acceptors (Lipinski definition) is 6. The second-order valence-electron chi connectivity index (χ2n) is 10.4. The van der Waals surface area contributed by atoms with Crippen molar-refractivity contribution in [2.45, 2.75) is 31.7 Å². The first-order valence-electron chi connectivity index (χ1n) is 13.3. The number of primary amides is 1. The van der Waals surface area contributed by atoms with Crippen molar-refractivity contribution in [3.8, 4) is 17.1 Å². The van der Waals surface area contributed by atoms with Gasteiger partial charge in [0.2, 0.25) is 0 Å². The number of carbonyl (C=O) groups is 2. The summed E-state index contributed by atoms with van der Waals surface area (Å²) in [7, 11) is 1.48. The van der Waals surface area contributed by atoms with Crippen LogP contribution in [0.5, 0.6) is 5.75 Å². The fourth-order valence-corrected chi connectivity index (χ4v) is 5.20. The van der Waals surface area contributed by atoms with Gasteiger partial charge in [0.05, 0.1) is 23.6 Å². The Balaban J connectivity index is 1.37. The molecule has 3 aromatic carbocycles. The van der Waals surface area contributed by atoms with E-state index in [-0.39, 0.29) is 40.2 Å². The zero-order valence-corrected chi connectivity index (χ0v) is 22.8. The normalized spacial score (nSPS) is 13.6. The van der Waals surface area contributed by atoms with Crippen molar-refractivity contribution >= 4 is 22.8 Å². The summed E-state index contributed by atoms with van der Waals surface area (Å²) in [5.41, 5.74) is 7.45. The summed E-state index contributed by atoms with van der Waals surface area (Å²) < 4.78 is 40.9. The van der Waals surface area contributed by atoms with Crippen LogP contribution in [0.2, 0.25) is 0 Å². The molecule has 212 valence electrons. The molecule has 3 N–H and O–H groups in total. The molecule has 42 heavy (non-hydrogen) atoms. The van der Waals surface area contributed by atoms with Crippen LogP contribution in [0.4, 0.5) is 8.78 Å². The van der Waals surface area contributed by atoms with Crippen LogP contribution in [0.25, 0.3) is 22.3 Å². The second kappa shape index (κ2) is 10.4. The summed E-state index contributed by atoms with van der Waals surface area (Å²) in [6.45, 7) is 1.84. The maximum absolute atomic E-state index is 16.1. The number of aryl methyl sites for hydroxylation is 1. The molecule has 2 heterocycles. The van der Waals surface area contributed by atoms with Gasteiger partial charge in [-0.05, 0) is 85.0 Å². The van der Waals surface area contributed by atoms with Gasteiger partial charge in [0.15, 0.2) is 5.82 Å². The number of nitrogens with zero attached hydrogens (tertiary/aromatic N) is 2. The van der Waals surface area contributed by atoms with E-state index in [1.54, 1.807) is 42.7 Å². The van der Waals surface area contributed by atoms with E-state index in [1.165, 1.54) is 31.4 Å². The third-order valence-electron chi connectivity index (χ3n) is 7.61. The Hall–Kier alpha value is -5.12. The first-order valence-corrected chi connectivity index (χ1v) is 13.3. The molecule has 0 unspecified atom stereocenters. The highest BCUT2D eigenvalue weighted by atomic mass is 19.1. The number of hydrogen-bond donors (Lipinski definition) is 2. The van der Waals surface area contributed by atoms with Gasteiger partial charge in [0.25, 0.3) is 11.8 Å². The molecule has 1 aliphatic rings. The van der Waals surface area contributed by atoms with E-state index < -0.39 is 23.1 Å². The van der Waals surface area contributed by atoms with Crippen molar-refractivity contribution < 1.29 is 27.5 Å². The number of nitrogens with one attached hydrogen (secondary N) is 1. The van der Waals surface area contributed by atoms with Crippen LogP contribution in [-0.4, -0.2) is 28.9 Å². The van der Waals surface area contributed by atoms with Crippen LogP contribution in [0, 0.1) is 18.6 Å². The first-order chi connectivity index (χ1) is 20.2. The molecule has 1 saturated carbocycles. The fourth-order valence-electron chi connectivity index (χ4n) is 5.20. The molecule has 1 fully saturated rings. The lowest BCUT2D eigenvalue weighted by atomic mass is 9.95. The molecule has 8 nitrogen and oxygen atoms in total. The fraction of sp³-hybridized carbons (Fsp3) is 0.188. The smallest absolute Gasteiger partial charge is 0.255 e. The quantitative estimate of drug-likeness (QED) is 0.252. The molecule has 10 heteroatoms. The number of fused-ring (bicyclic) bond motifs is 1. The van der Waals surface area contributed by atoms with Gasteiger partial charge in [0.1, 0.15) is 34.3 Å². The van der Waals surface area contributed by atoms with Crippen LogP contribution < -0.4 is 15.8 Å². The monoisotopic (exact) mass is 568 g/mol. The van der Waals surface area contributed by atoms with Crippen LogP contribution in [0.15, 0.2) is 71.4 Å². The van der Waals surface area contributed by atoms with Crippen molar-refractivity contribution in [1.29, 1.82) is 0 Å². The summed E-state index contributed by atoms with van der Waals surface area (Å²) in [4.78, 5) is 34.6. The predicted octanol–water partition coefficient (Wildman–Crippen LogP) is 5.59. The van der Waals surface area contributed by atoms with Crippen LogP contribution in [0.3, 0.4) is 0 Å². The number of halogens is 2. The molecule has 0 aliphatic heterocycles. The highest BCUT2D eigenvalue weighted by Crippen LogP contribution is 2.44. The van der Waals surface area contributed by atoms with E-state index in [2.05, 4.69) is 15.3 Å². The number of benzene rings is 3. The lowest BCUT2D eigenvalue weighted by Gasteiger charge is -2.18. The minimum absolute atomic E-state index is 0.0537. The van der Waals surface area contributed by atoms with Crippen LogP contribution >= 0.6 is 0 Å². The van der Waals surface area contributed by atoms with Gasteiger partial charge in [-0.3, -0.25) is 9.59 Å². The van der Waals surface area contributed by atoms with Crippen molar-refractivity contribution in [2.75, 3.05) is 7.11 Å². The molecule has 0 atom stereocenters. The topological polar surface area (TPSA) is 120 Å². The number of ether oxygens (including phenoxy) is 1. The largest absolute Gasteiger partial charge is 0.496 e. The standard InChI is InChI=1S/C32H26F2N4O4/c1-17-14-24(41-2)22(30(40)38-32(10-11-32)31-36-12-3-13-37-31)16-20(17)15-19-6-9-23-25(27(19)34)26(29(35)39)28(42-23)18-4-7-21(33)8-5-18/h3-9,12-14,16H,10-11,15H2,1-2H3,(H2,35,39)(H,38,40). The first kappa shape index (κ1) is 27.1. The SMILES string of the molecule is COc1cc(C)c(Cc2ccc3oc(-c4ccc(F)cc4)c(C(N)=O)c3c2F)cc1C(=O)NC1(c2ncccn2)CC1. The molecule has 6 rings (SSSR count). The number of furan rings is 1. The number of amides is 2. The van der Waals surface area contributed by atoms with E-state index in [4.69, 9.17) is 14.9 Å². The van der Waals surface area contributed by atoms with Gasteiger partial charge >= 0.3 is 0 Å². The number of nitrogens with two attached hydrogens (primary N) is 1. The van der Waals surface area contributed by atoms with Crippen LogP contribution in [-0.2, 0) is 12.0 Å². The number of rotatable bonds is 8. The Bertz CT molecular complexity index is 1850. The van der Waals surface area contributed by atoms with Gasteiger partial charge in [-0.15, -0.1) is 0 Å². The van der Waals surface area contributed by atoms with Crippen LogP contribution in [0.1, 0.15) is 56.1 Å². The molecule has 0 radical (unpaired) electrons. The molecular formula is C32H26F2N4O4. The van der Waals surface area contributed by atoms with Crippen molar-refractivity contribution in [1.82, 2.24) is 15.3 Å². The highest BCUT2D eigenvalue weighted by molar-refractivity contribution is 6.11. The lowest BCUT2D eigenvalue weighted by molar-refractivity contribution is 0.0924. The third-order valence-corrected chi connectivity index (χ3v) is 7.61. The van der Waals surface area contributed by atoms with E-state index in [9.17, 15) is 14.0 Å². The van der Waals surface area contributed by atoms with Gasteiger partial charge in [-0.2, -0.15) is 0 Å². The van der Waals surface area contributed by atoms with Gasteiger partial charge in [0, 0.05) is 24.4 Å². The predicted molar refractivity (Wildman–Crippen MR) is 151 cm³/mol. The van der Waals surface area contributed by atoms with Crippen molar-refractivity contribution in [3.63, 3.8) is 0 Å². The zero-order chi connectivity index (χ0) is 29.6. The van der Waals surface area contributed by atoms with Gasteiger partial charge < -0.3 is 20.2 Å². The van der Waals surface area contributed by atoms with E-state index in [1.807, 2.05) is 6.92 Å². The van der Waals surface area contributed by atoms with Gasteiger partial charge in [-0.25, -0.2) is 18.7 Å². The summed E-state index contributed by atoms with van der Waals surface area (Å²) in [5.74, 6) is -1.38. The van der Waals surface area contributed by atoms with E-state index in [0.717, 1.165) is 5.56 Å². The van der Waals surface area contributed by atoms with E-state index in [0.29, 0.717) is 41.1 Å². The summed E-state index contributed by atoms with van der Waals surface area (Å²) >= 11 is 0. The third kappa shape index (κ3) is 4.74. The summed E-state index contributed by atoms with van der Waals surface area (Å²) in [6, 6.07) is 13.6. The van der Waals surface area contributed by atoms with E-state index >= 15 is 4.39 Å². The van der Waals surface area contributed by atoms with Crippen molar-refractivity contribution in [3.05, 3.63) is 112 Å². The molecular weight excluding hydrogens is 542 g/mol. The maximum atomic E-state index is 16.1. The average Bonchev–Trinajstić information content (AvgIpc) is 3.66. The van der Waals surface area contributed by atoms with Gasteiger partial charge in [-0.1, -0.05) is 6.07 Å². The minimum Gasteiger partial charge on any atom is -0.496 e. The second-order valence-corrected chi connectivity index (χ2v) is 10.4. The number of aromatic nitrogens is 2. The maximum Gasteiger partial charge on any atom is 0.255 e. The molecule has 0 saturated heterocycles. The average molecular weight is 569 g/mol. The number of carbonyl (C=O) groups excluding carboxylic acids is 2. The Morgan fingerprint density at radius 2 is 1.76 bits per heavy atom. The Kier molecular flexibility index (Phi) is 6.68. The molecule has 2 aromatic heterocycles. The Morgan fingerprint density at radius 1 is 1.05 bits per heavy atom.